The molecule has 2 aromatic rings. The molecule has 0 spiro atoms. The van der Waals surface area contributed by atoms with Crippen molar-refractivity contribution in [1.82, 2.24) is 4.98 Å². The van der Waals surface area contributed by atoms with Crippen molar-refractivity contribution in [2.75, 3.05) is 0 Å². The molecule has 2 N–H and O–H groups in total. The van der Waals surface area contributed by atoms with Crippen LogP contribution in [0.15, 0.2) is 42.6 Å². The van der Waals surface area contributed by atoms with E-state index in [0.29, 0.717) is 5.56 Å². The number of hydrogen-bond donors (Lipinski definition) is 1. The van der Waals surface area contributed by atoms with Gasteiger partial charge in [0.25, 0.3) is 0 Å². The van der Waals surface area contributed by atoms with Gasteiger partial charge in [0.1, 0.15) is 5.82 Å². The second kappa shape index (κ2) is 7.59. The van der Waals surface area contributed by atoms with Crippen LogP contribution in [-0.4, -0.2) is 4.98 Å². The minimum absolute atomic E-state index is 0. The zero-order valence-corrected chi connectivity index (χ0v) is 12.1. The van der Waals surface area contributed by atoms with Gasteiger partial charge in [-0.05, 0) is 29.8 Å². The van der Waals surface area contributed by atoms with E-state index in [2.05, 4.69) is 4.98 Å². The average Bonchev–Trinajstić information content (AvgIpc) is 2.38. The molecule has 1 aromatic carbocycles. The molecule has 1 heterocycles. The first-order valence-electron chi connectivity index (χ1n) is 5.43. The molecule has 0 aliphatic heterocycles. The highest BCUT2D eigenvalue weighted by atomic mass is 35.5. The summed E-state index contributed by atoms with van der Waals surface area (Å²) >= 11 is 0. The number of nitrogens with two attached hydrogens (primary N) is 1. The zero-order valence-electron chi connectivity index (χ0n) is 10.5. The fourth-order valence-electron chi connectivity index (χ4n) is 1.66. The van der Waals surface area contributed by atoms with E-state index < -0.39 is 23.6 Å². The van der Waals surface area contributed by atoms with E-state index in [1.165, 1.54) is 30.5 Å². The Balaban J connectivity index is 0.00000200. The predicted molar refractivity (Wildman–Crippen MR) is 76.2 cm³/mol. The lowest BCUT2D eigenvalue weighted by Crippen LogP contribution is -2.15. The minimum Gasteiger partial charge on any atom is -0.319 e. The van der Waals surface area contributed by atoms with Gasteiger partial charge >= 0.3 is 6.18 Å². The van der Waals surface area contributed by atoms with E-state index in [-0.39, 0.29) is 30.5 Å². The molecule has 1 atom stereocenters. The number of rotatable bonds is 2. The molecule has 8 heteroatoms. The van der Waals surface area contributed by atoms with Crippen LogP contribution >= 0.6 is 24.8 Å². The van der Waals surface area contributed by atoms with Gasteiger partial charge < -0.3 is 5.73 Å². The van der Waals surface area contributed by atoms with E-state index in [1.807, 2.05) is 0 Å². The van der Waals surface area contributed by atoms with Crippen LogP contribution in [0.4, 0.5) is 17.6 Å². The number of benzene rings is 1. The van der Waals surface area contributed by atoms with Gasteiger partial charge in [-0.2, -0.15) is 13.2 Å². The standard InChI is InChI=1S/C13H10F4N2.2ClH/c14-10-2-1-7-19-12(10)11(18)8-3-5-9(6-4-8)13(15,16)17;;/h1-7,11H,18H2;2*1H/t11-;;/m0../s1. The highest BCUT2D eigenvalue weighted by Crippen LogP contribution is 2.30. The Kier molecular flexibility index (Phi) is 7.09. The molecule has 2 nitrogen and oxygen atoms in total. The summed E-state index contributed by atoms with van der Waals surface area (Å²) in [6.07, 6.45) is -3.03. The van der Waals surface area contributed by atoms with Gasteiger partial charge in [0.05, 0.1) is 17.3 Å². The van der Waals surface area contributed by atoms with Crippen molar-refractivity contribution in [2.24, 2.45) is 5.73 Å². The van der Waals surface area contributed by atoms with E-state index in [1.54, 1.807) is 0 Å². The maximum Gasteiger partial charge on any atom is 0.416 e. The van der Waals surface area contributed by atoms with Gasteiger partial charge in [-0.15, -0.1) is 24.8 Å². The highest BCUT2D eigenvalue weighted by molar-refractivity contribution is 5.85. The van der Waals surface area contributed by atoms with Gasteiger partial charge in [0.15, 0.2) is 0 Å². The molecule has 0 radical (unpaired) electrons. The Bertz CT molecular complexity index is 573. The molecule has 0 aliphatic rings. The molecule has 21 heavy (non-hydrogen) atoms. The van der Waals surface area contributed by atoms with Crippen molar-refractivity contribution in [3.8, 4) is 0 Å². The Morgan fingerprint density at radius 2 is 1.57 bits per heavy atom. The Labute approximate surface area is 131 Å². The molecule has 0 fully saturated rings. The van der Waals surface area contributed by atoms with Crippen molar-refractivity contribution >= 4 is 24.8 Å². The van der Waals surface area contributed by atoms with Crippen LogP contribution in [0.25, 0.3) is 0 Å². The molecule has 2 rings (SSSR count). The summed E-state index contributed by atoms with van der Waals surface area (Å²) in [5, 5.41) is 0. The first-order valence-corrected chi connectivity index (χ1v) is 5.43. The van der Waals surface area contributed by atoms with Crippen LogP contribution in [0, 0.1) is 5.82 Å². The molecule has 0 saturated heterocycles. The van der Waals surface area contributed by atoms with Gasteiger partial charge in [0, 0.05) is 6.20 Å². The molecule has 116 valence electrons. The van der Waals surface area contributed by atoms with Crippen molar-refractivity contribution < 1.29 is 17.6 Å². The Hall–Kier alpha value is -1.37. The summed E-state index contributed by atoms with van der Waals surface area (Å²) in [7, 11) is 0. The number of hydrogen-bond acceptors (Lipinski definition) is 2. The second-order valence-electron chi connectivity index (χ2n) is 3.97. The molecular formula is C13H12Cl2F4N2. The lowest BCUT2D eigenvalue weighted by atomic mass is 10.0. The fraction of sp³-hybridized carbons (Fsp3) is 0.154. The van der Waals surface area contributed by atoms with Crippen molar-refractivity contribution in [1.29, 1.82) is 0 Å². The van der Waals surface area contributed by atoms with E-state index >= 15 is 0 Å². The minimum atomic E-state index is -4.40. The van der Waals surface area contributed by atoms with Crippen LogP contribution in [0.2, 0.25) is 0 Å². The van der Waals surface area contributed by atoms with Gasteiger partial charge in [-0.25, -0.2) is 4.39 Å². The summed E-state index contributed by atoms with van der Waals surface area (Å²) in [4.78, 5) is 3.80. The highest BCUT2D eigenvalue weighted by Gasteiger charge is 2.30. The molecule has 0 saturated carbocycles. The Morgan fingerprint density at radius 3 is 2.05 bits per heavy atom. The third-order valence-electron chi connectivity index (χ3n) is 2.68. The molecular weight excluding hydrogens is 331 g/mol. The molecule has 0 unspecified atom stereocenters. The number of pyridine rings is 1. The molecule has 0 bridgehead atoms. The topological polar surface area (TPSA) is 38.9 Å². The largest absolute Gasteiger partial charge is 0.416 e. The van der Waals surface area contributed by atoms with Crippen LogP contribution in [0.3, 0.4) is 0 Å². The third kappa shape index (κ3) is 4.56. The van der Waals surface area contributed by atoms with Crippen LogP contribution in [0.5, 0.6) is 0 Å². The lowest BCUT2D eigenvalue weighted by molar-refractivity contribution is -0.137. The summed E-state index contributed by atoms with van der Waals surface area (Å²) in [6, 6.07) is 5.99. The molecule has 0 amide bonds. The quantitative estimate of drug-likeness (QED) is 0.833. The average molecular weight is 343 g/mol. The summed E-state index contributed by atoms with van der Waals surface area (Å²) in [5.74, 6) is -0.588. The first-order chi connectivity index (χ1) is 8.89. The van der Waals surface area contributed by atoms with Crippen LogP contribution < -0.4 is 5.73 Å². The number of nitrogens with zero attached hydrogens (tertiary/aromatic N) is 1. The third-order valence-corrected chi connectivity index (χ3v) is 2.68. The summed E-state index contributed by atoms with van der Waals surface area (Å²) in [5.41, 5.74) is 5.39. The monoisotopic (exact) mass is 342 g/mol. The number of aromatic nitrogens is 1. The van der Waals surface area contributed by atoms with E-state index in [4.69, 9.17) is 5.73 Å². The van der Waals surface area contributed by atoms with Gasteiger partial charge in [-0.3, -0.25) is 4.98 Å². The van der Waals surface area contributed by atoms with E-state index in [0.717, 1.165) is 12.1 Å². The maximum atomic E-state index is 13.5. The predicted octanol–water partition coefficient (Wildman–Crippen LogP) is 4.13. The normalized spacial score (nSPS) is 12.0. The Morgan fingerprint density at radius 1 is 1.00 bits per heavy atom. The van der Waals surface area contributed by atoms with Gasteiger partial charge in [-0.1, -0.05) is 12.1 Å². The summed E-state index contributed by atoms with van der Waals surface area (Å²) in [6.45, 7) is 0. The second-order valence-corrected chi connectivity index (χ2v) is 3.97. The van der Waals surface area contributed by atoms with Crippen molar-refractivity contribution in [2.45, 2.75) is 12.2 Å². The van der Waals surface area contributed by atoms with Crippen LogP contribution in [-0.2, 0) is 6.18 Å². The smallest absolute Gasteiger partial charge is 0.319 e. The lowest BCUT2D eigenvalue weighted by Gasteiger charge is -2.13. The number of alkyl halides is 3. The summed E-state index contributed by atoms with van der Waals surface area (Å²) < 4.78 is 50.7. The molecule has 0 aliphatic carbocycles. The zero-order chi connectivity index (χ0) is 14.0. The van der Waals surface area contributed by atoms with Gasteiger partial charge in [0.2, 0.25) is 0 Å². The van der Waals surface area contributed by atoms with Crippen LogP contribution in [0.1, 0.15) is 22.9 Å². The molecule has 1 aromatic heterocycles. The first kappa shape index (κ1) is 19.6. The SMILES string of the molecule is Cl.Cl.N[C@@H](c1ccc(C(F)(F)F)cc1)c1ncccc1F. The van der Waals surface area contributed by atoms with Crippen molar-refractivity contribution in [3.05, 3.63) is 65.2 Å². The fourth-order valence-corrected chi connectivity index (χ4v) is 1.66. The number of halogens is 6. The van der Waals surface area contributed by atoms with E-state index in [9.17, 15) is 17.6 Å². The van der Waals surface area contributed by atoms with Crippen molar-refractivity contribution in [3.63, 3.8) is 0 Å². The maximum absolute atomic E-state index is 13.5.